The van der Waals surface area contributed by atoms with Crippen molar-refractivity contribution in [3.8, 4) is 0 Å². The number of anilines is 1. The van der Waals surface area contributed by atoms with Gasteiger partial charge in [0, 0.05) is 63.9 Å². The zero-order valence-corrected chi connectivity index (χ0v) is 23.6. The number of hydrogen-bond donors (Lipinski definition) is 2. The first kappa shape index (κ1) is 29.0. The Labute approximate surface area is 225 Å². The zero-order valence-electron chi connectivity index (χ0n) is 23.6. The van der Waals surface area contributed by atoms with Gasteiger partial charge in [-0.25, -0.2) is 0 Å². The van der Waals surface area contributed by atoms with Crippen LogP contribution in [0.4, 0.5) is 5.69 Å². The highest BCUT2D eigenvalue weighted by Gasteiger charge is 2.21. The Kier molecular flexibility index (Phi) is 12.8. The molecule has 2 aromatic rings. The second-order valence-corrected chi connectivity index (χ2v) is 9.94. The average Bonchev–Trinajstić information content (AvgIpc) is 2.95. The summed E-state index contributed by atoms with van der Waals surface area (Å²) in [5, 5.41) is 6.22. The minimum atomic E-state index is 0.964. The van der Waals surface area contributed by atoms with Crippen LogP contribution in [0.3, 0.4) is 0 Å². The van der Waals surface area contributed by atoms with Crippen molar-refractivity contribution >= 4 is 11.4 Å². The lowest BCUT2D eigenvalue weighted by atomic mass is 9.92. The number of nitrogens with zero attached hydrogens (tertiary/aromatic N) is 4. The third-order valence-corrected chi connectivity index (χ3v) is 7.14. The lowest BCUT2D eigenvalue weighted by molar-refractivity contribution is 0.247. The van der Waals surface area contributed by atoms with Gasteiger partial charge in [-0.15, -0.1) is 0 Å². The van der Waals surface area contributed by atoms with Gasteiger partial charge >= 0.3 is 0 Å². The van der Waals surface area contributed by atoms with Crippen molar-refractivity contribution in [1.29, 1.82) is 0 Å². The molecular formula is C31H48N6. The van der Waals surface area contributed by atoms with E-state index >= 15 is 0 Å². The molecule has 0 bridgehead atoms. The molecule has 3 aliphatic rings. The van der Waals surface area contributed by atoms with Gasteiger partial charge in [0.15, 0.2) is 0 Å². The largest absolute Gasteiger partial charge is 0.369 e. The van der Waals surface area contributed by atoms with Gasteiger partial charge in [-0.1, -0.05) is 31.2 Å². The SMILES string of the molecule is CC/C=C1/CCCCC1=NC.CNC.c1ccc(CN2CCN(c3cccc4c3CCNC4)CC2)nc1. The van der Waals surface area contributed by atoms with Crippen LogP contribution in [0, 0.1) is 0 Å². The highest BCUT2D eigenvalue weighted by atomic mass is 15.3. The van der Waals surface area contributed by atoms with Crippen LogP contribution in [-0.4, -0.2) is 69.5 Å². The van der Waals surface area contributed by atoms with Crippen LogP contribution in [0.5, 0.6) is 0 Å². The van der Waals surface area contributed by atoms with E-state index < -0.39 is 0 Å². The molecule has 1 aliphatic carbocycles. The number of nitrogens with one attached hydrogen (secondary N) is 2. The van der Waals surface area contributed by atoms with E-state index in [2.05, 4.69) is 73.7 Å². The summed E-state index contributed by atoms with van der Waals surface area (Å²) in [6, 6.07) is 13.0. The van der Waals surface area contributed by atoms with Crippen LogP contribution in [0.1, 0.15) is 55.8 Å². The number of aromatic nitrogens is 1. The molecule has 6 nitrogen and oxygen atoms in total. The first-order valence-electron chi connectivity index (χ1n) is 14.1. The summed E-state index contributed by atoms with van der Waals surface area (Å²) in [6.45, 7) is 9.71. The van der Waals surface area contributed by atoms with E-state index in [0.717, 1.165) is 58.7 Å². The molecule has 37 heavy (non-hydrogen) atoms. The van der Waals surface area contributed by atoms with Crippen molar-refractivity contribution in [2.75, 3.05) is 58.8 Å². The van der Waals surface area contributed by atoms with Gasteiger partial charge in [0.05, 0.1) is 5.69 Å². The molecule has 0 atom stereocenters. The van der Waals surface area contributed by atoms with Crippen LogP contribution < -0.4 is 15.5 Å². The van der Waals surface area contributed by atoms with Crippen molar-refractivity contribution in [3.63, 3.8) is 0 Å². The van der Waals surface area contributed by atoms with E-state index in [0.29, 0.717) is 0 Å². The van der Waals surface area contributed by atoms with E-state index in [-0.39, 0.29) is 0 Å². The zero-order chi connectivity index (χ0) is 26.3. The number of benzene rings is 1. The van der Waals surface area contributed by atoms with Gasteiger partial charge < -0.3 is 15.5 Å². The van der Waals surface area contributed by atoms with E-state index in [1.165, 1.54) is 53.9 Å². The van der Waals surface area contributed by atoms with Crippen molar-refractivity contribution in [2.45, 2.75) is 58.5 Å². The van der Waals surface area contributed by atoms with E-state index in [1.54, 1.807) is 5.56 Å². The molecule has 2 N–H and O–H groups in total. The maximum atomic E-state index is 4.45. The third-order valence-electron chi connectivity index (χ3n) is 7.14. The number of allylic oxidation sites excluding steroid dienone is 2. The van der Waals surface area contributed by atoms with Crippen LogP contribution in [0.2, 0.25) is 0 Å². The summed E-state index contributed by atoms with van der Waals surface area (Å²) < 4.78 is 0. The molecule has 1 saturated heterocycles. The van der Waals surface area contributed by atoms with Crippen molar-refractivity contribution in [2.24, 2.45) is 4.99 Å². The molecule has 0 radical (unpaired) electrons. The van der Waals surface area contributed by atoms with Crippen LogP contribution in [-0.2, 0) is 19.5 Å². The van der Waals surface area contributed by atoms with Crippen molar-refractivity contribution in [3.05, 3.63) is 71.1 Å². The van der Waals surface area contributed by atoms with E-state index in [9.17, 15) is 0 Å². The van der Waals surface area contributed by atoms with E-state index in [1.807, 2.05) is 33.4 Å². The Bertz CT molecular complexity index is 976. The van der Waals surface area contributed by atoms with Gasteiger partial charge in [-0.3, -0.25) is 14.9 Å². The summed E-state index contributed by atoms with van der Waals surface area (Å²) >= 11 is 0. The molecule has 3 heterocycles. The maximum absolute atomic E-state index is 4.45. The topological polar surface area (TPSA) is 55.8 Å². The van der Waals surface area contributed by atoms with Crippen molar-refractivity contribution in [1.82, 2.24) is 20.5 Å². The maximum Gasteiger partial charge on any atom is 0.0543 e. The Morgan fingerprint density at radius 1 is 1.00 bits per heavy atom. The first-order chi connectivity index (χ1) is 18.2. The molecule has 2 aliphatic heterocycles. The van der Waals surface area contributed by atoms with Crippen LogP contribution in [0.25, 0.3) is 0 Å². The second kappa shape index (κ2) is 16.3. The fraction of sp³-hybridized carbons (Fsp3) is 0.548. The molecule has 0 unspecified atom stereocenters. The lowest BCUT2D eigenvalue weighted by Crippen LogP contribution is -2.46. The minimum absolute atomic E-state index is 0.964. The molecule has 202 valence electrons. The van der Waals surface area contributed by atoms with Gasteiger partial charge in [0.1, 0.15) is 0 Å². The molecule has 2 fully saturated rings. The number of aliphatic imine (C=N–C) groups is 1. The fourth-order valence-corrected chi connectivity index (χ4v) is 5.31. The molecule has 0 amide bonds. The van der Waals surface area contributed by atoms with Crippen LogP contribution >= 0.6 is 0 Å². The van der Waals surface area contributed by atoms with Gasteiger partial charge in [-0.2, -0.15) is 0 Å². The predicted molar refractivity (Wildman–Crippen MR) is 159 cm³/mol. The summed E-state index contributed by atoms with van der Waals surface area (Å²) in [5.74, 6) is 0. The summed E-state index contributed by atoms with van der Waals surface area (Å²) in [5.41, 5.74) is 8.51. The predicted octanol–water partition coefficient (Wildman–Crippen LogP) is 4.85. The normalized spacial score (nSPS) is 19.9. The lowest BCUT2D eigenvalue weighted by Gasteiger charge is -2.37. The number of piperazine rings is 1. The summed E-state index contributed by atoms with van der Waals surface area (Å²) in [4.78, 5) is 13.8. The third kappa shape index (κ3) is 9.06. The Balaban J connectivity index is 0.000000228. The van der Waals surface area contributed by atoms with Gasteiger partial charge in [0.25, 0.3) is 0 Å². The monoisotopic (exact) mass is 504 g/mol. The summed E-state index contributed by atoms with van der Waals surface area (Å²) in [7, 11) is 5.66. The quantitative estimate of drug-likeness (QED) is 0.623. The van der Waals surface area contributed by atoms with Gasteiger partial charge in [-0.05, 0) is 94.1 Å². The molecule has 5 rings (SSSR count). The molecule has 1 aromatic heterocycles. The second-order valence-electron chi connectivity index (χ2n) is 9.94. The van der Waals surface area contributed by atoms with Crippen LogP contribution in [0.15, 0.2) is 59.2 Å². The Hall–Kier alpha value is -2.54. The highest BCUT2D eigenvalue weighted by molar-refractivity contribution is 6.00. The molecule has 1 saturated carbocycles. The number of fused-ring (bicyclic) bond motifs is 1. The smallest absolute Gasteiger partial charge is 0.0543 e. The number of hydrogen-bond acceptors (Lipinski definition) is 6. The fourth-order valence-electron chi connectivity index (χ4n) is 5.31. The molecule has 0 spiro atoms. The Morgan fingerprint density at radius 3 is 2.49 bits per heavy atom. The molecular weight excluding hydrogens is 456 g/mol. The highest BCUT2D eigenvalue weighted by Crippen LogP contribution is 2.27. The minimum Gasteiger partial charge on any atom is -0.369 e. The average molecular weight is 505 g/mol. The standard InChI is InChI=1S/C19H24N4.C10H17N.C2H7N/c1-2-8-21-17(5-1)15-22-10-12-23(13-11-22)19-6-3-4-16-14-20-9-7-18(16)19;1-3-6-9-7-4-5-8-10(9)11-2;1-3-2/h1-6,8,20H,7,9-15H2;6H,3-5,7-8H2,1-2H3;3H,1-2H3/b;9-6-,11-10?;. The molecule has 6 heteroatoms. The Morgan fingerprint density at radius 2 is 1.78 bits per heavy atom. The van der Waals surface area contributed by atoms with Gasteiger partial charge in [0.2, 0.25) is 0 Å². The number of rotatable bonds is 4. The number of pyridine rings is 1. The first-order valence-corrected chi connectivity index (χ1v) is 14.1. The van der Waals surface area contributed by atoms with E-state index in [4.69, 9.17) is 0 Å². The molecule has 1 aromatic carbocycles. The summed E-state index contributed by atoms with van der Waals surface area (Å²) in [6.07, 6.45) is 11.6. The van der Waals surface area contributed by atoms with Crippen molar-refractivity contribution < 1.29 is 0 Å².